The van der Waals surface area contributed by atoms with Crippen LogP contribution in [-0.2, 0) is 27.4 Å². The van der Waals surface area contributed by atoms with Crippen molar-refractivity contribution < 1.29 is 18.7 Å². The molecule has 2 fully saturated rings. The van der Waals surface area contributed by atoms with E-state index in [0.29, 0.717) is 44.4 Å². The van der Waals surface area contributed by atoms with Crippen LogP contribution >= 0.6 is 11.5 Å². The Bertz CT molecular complexity index is 1190. The molecular weight excluding hydrogens is 485 g/mol. The number of hydrogen-bond donors (Lipinski definition) is 1. The van der Waals surface area contributed by atoms with Crippen LogP contribution < -0.4 is 5.32 Å². The Morgan fingerprint density at radius 2 is 2.14 bits per heavy atom. The van der Waals surface area contributed by atoms with Crippen LogP contribution in [0.4, 0.5) is 15.3 Å². The Labute approximate surface area is 213 Å². The topological polar surface area (TPSA) is 107 Å². The molecule has 4 heterocycles. The van der Waals surface area contributed by atoms with Gasteiger partial charge in [-0.15, -0.1) is 0 Å². The molecule has 5 rings (SSSR count). The van der Waals surface area contributed by atoms with Crippen LogP contribution in [0.25, 0.3) is 11.3 Å². The van der Waals surface area contributed by atoms with Crippen molar-refractivity contribution in [3.05, 3.63) is 35.9 Å². The van der Waals surface area contributed by atoms with E-state index in [-0.39, 0.29) is 24.7 Å². The Kier molecular flexibility index (Phi) is 7.54. The summed E-state index contributed by atoms with van der Waals surface area (Å²) in [6.07, 6.45) is 7.58. The molecule has 1 aliphatic heterocycles. The van der Waals surface area contributed by atoms with E-state index in [0.717, 1.165) is 47.8 Å². The standard InChI is InChI=1S/C24H30FN7O3S/c1-17-11-26-23(29-22(17)18-12-27-32(13-18)16-24(15-25)3-4-24)28-20-10-19(30-36-20)14-35-21(33)2-5-31-6-8-34-9-7-31/h10-13H,2-9,14-16H2,1H3,(H,26,28,29). The van der Waals surface area contributed by atoms with Crippen molar-refractivity contribution in [2.75, 3.05) is 44.8 Å². The van der Waals surface area contributed by atoms with Crippen molar-refractivity contribution in [3.8, 4) is 11.3 Å². The van der Waals surface area contributed by atoms with Gasteiger partial charge in [0.25, 0.3) is 0 Å². The molecule has 1 aliphatic carbocycles. The minimum atomic E-state index is -0.312. The molecule has 0 aromatic carbocycles. The number of alkyl halides is 1. The number of nitrogens with zero attached hydrogens (tertiary/aromatic N) is 6. The number of rotatable bonds is 11. The molecule has 2 aliphatic rings. The number of esters is 1. The van der Waals surface area contributed by atoms with E-state index in [9.17, 15) is 9.18 Å². The van der Waals surface area contributed by atoms with Crippen LogP contribution in [0.2, 0.25) is 0 Å². The zero-order valence-corrected chi connectivity index (χ0v) is 21.1. The molecule has 12 heteroatoms. The number of aromatic nitrogens is 5. The van der Waals surface area contributed by atoms with Crippen LogP contribution in [0.15, 0.2) is 24.7 Å². The zero-order chi connectivity index (χ0) is 25.0. The molecule has 0 atom stereocenters. The van der Waals surface area contributed by atoms with Gasteiger partial charge in [-0.2, -0.15) is 9.47 Å². The monoisotopic (exact) mass is 515 g/mol. The zero-order valence-electron chi connectivity index (χ0n) is 20.3. The molecule has 0 bridgehead atoms. The lowest BCUT2D eigenvalue weighted by Gasteiger charge is -2.25. The highest BCUT2D eigenvalue weighted by molar-refractivity contribution is 7.10. The second kappa shape index (κ2) is 11.0. The maximum Gasteiger partial charge on any atom is 0.307 e. The maximum absolute atomic E-state index is 13.3. The molecule has 3 aromatic rings. The summed E-state index contributed by atoms with van der Waals surface area (Å²) in [4.78, 5) is 23.3. The third kappa shape index (κ3) is 6.23. The minimum absolute atomic E-state index is 0.125. The van der Waals surface area contributed by atoms with Crippen LogP contribution in [0.1, 0.15) is 30.5 Å². The number of nitrogens with one attached hydrogen (secondary N) is 1. The molecule has 36 heavy (non-hydrogen) atoms. The first-order chi connectivity index (χ1) is 17.5. The second-order valence-electron chi connectivity index (χ2n) is 9.46. The van der Waals surface area contributed by atoms with E-state index in [1.807, 2.05) is 19.2 Å². The lowest BCUT2D eigenvalue weighted by atomic mass is 10.1. The lowest BCUT2D eigenvalue weighted by molar-refractivity contribution is -0.145. The molecule has 0 spiro atoms. The van der Waals surface area contributed by atoms with Crippen molar-refractivity contribution in [2.45, 2.75) is 39.3 Å². The number of carbonyl (C=O) groups is 1. The lowest BCUT2D eigenvalue weighted by Crippen LogP contribution is -2.37. The Morgan fingerprint density at radius 1 is 1.31 bits per heavy atom. The van der Waals surface area contributed by atoms with Gasteiger partial charge in [-0.3, -0.25) is 18.8 Å². The van der Waals surface area contributed by atoms with E-state index in [2.05, 4.69) is 29.7 Å². The van der Waals surface area contributed by atoms with Gasteiger partial charge in [0.1, 0.15) is 11.6 Å². The first kappa shape index (κ1) is 24.7. The van der Waals surface area contributed by atoms with E-state index in [1.165, 1.54) is 11.5 Å². The highest BCUT2D eigenvalue weighted by atomic mass is 32.1. The summed E-state index contributed by atoms with van der Waals surface area (Å²) in [5.74, 6) is 0.193. The first-order valence-corrected chi connectivity index (χ1v) is 12.9. The fraction of sp³-hybridized carbons (Fsp3) is 0.542. The van der Waals surface area contributed by atoms with Crippen molar-refractivity contribution >= 4 is 28.5 Å². The van der Waals surface area contributed by atoms with Gasteiger partial charge in [-0.05, 0) is 42.9 Å². The minimum Gasteiger partial charge on any atom is -0.459 e. The Morgan fingerprint density at radius 3 is 2.92 bits per heavy atom. The molecule has 1 saturated heterocycles. The fourth-order valence-corrected chi connectivity index (χ4v) is 4.72. The van der Waals surface area contributed by atoms with Crippen molar-refractivity contribution in [2.24, 2.45) is 5.41 Å². The normalized spacial score (nSPS) is 17.2. The molecule has 0 radical (unpaired) electrons. The molecule has 1 saturated carbocycles. The average Bonchev–Trinajstić information content (AvgIpc) is 3.28. The predicted octanol–water partition coefficient (Wildman–Crippen LogP) is 3.36. The fourth-order valence-electron chi connectivity index (χ4n) is 4.07. The van der Waals surface area contributed by atoms with Crippen LogP contribution in [0, 0.1) is 12.3 Å². The second-order valence-corrected chi connectivity index (χ2v) is 10.3. The van der Waals surface area contributed by atoms with Gasteiger partial charge in [0.2, 0.25) is 5.95 Å². The molecule has 1 N–H and O–H groups in total. The van der Waals surface area contributed by atoms with Gasteiger partial charge in [-0.1, -0.05) is 0 Å². The van der Waals surface area contributed by atoms with E-state index in [1.54, 1.807) is 17.1 Å². The smallest absolute Gasteiger partial charge is 0.307 e. The first-order valence-electron chi connectivity index (χ1n) is 12.1. The third-order valence-corrected chi connectivity index (χ3v) is 7.27. The van der Waals surface area contributed by atoms with Crippen molar-refractivity contribution in [3.63, 3.8) is 0 Å². The van der Waals surface area contributed by atoms with Gasteiger partial charge in [0.05, 0.1) is 43.9 Å². The predicted molar refractivity (Wildman–Crippen MR) is 133 cm³/mol. The third-order valence-electron chi connectivity index (χ3n) is 6.53. The van der Waals surface area contributed by atoms with Gasteiger partial charge in [0.15, 0.2) is 0 Å². The number of halogens is 1. The molecule has 10 nitrogen and oxygen atoms in total. The van der Waals surface area contributed by atoms with Crippen molar-refractivity contribution in [1.29, 1.82) is 0 Å². The highest BCUT2D eigenvalue weighted by Crippen LogP contribution is 2.47. The van der Waals surface area contributed by atoms with Crippen LogP contribution in [-0.4, -0.2) is 74.5 Å². The Balaban J connectivity index is 1.15. The van der Waals surface area contributed by atoms with Gasteiger partial charge in [-0.25, -0.2) is 9.97 Å². The molecule has 0 amide bonds. The number of aryl methyl sites for hydroxylation is 1. The summed E-state index contributed by atoms with van der Waals surface area (Å²) in [7, 11) is 0. The largest absolute Gasteiger partial charge is 0.459 e. The van der Waals surface area contributed by atoms with Crippen LogP contribution in [0.5, 0.6) is 0 Å². The quantitative estimate of drug-likeness (QED) is 0.385. The number of hydrogen-bond acceptors (Lipinski definition) is 10. The van der Waals surface area contributed by atoms with E-state index in [4.69, 9.17) is 9.47 Å². The summed E-state index contributed by atoms with van der Waals surface area (Å²) in [5, 5.41) is 8.34. The highest BCUT2D eigenvalue weighted by Gasteiger charge is 2.43. The number of carbonyl (C=O) groups excluding carboxylic acids is 1. The van der Waals surface area contributed by atoms with Crippen LogP contribution in [0.3, 0.4) is 0 Å². The molecule has 3 aromatic heterocycles. The summed E-state index contributed by atoms with van der Waals surface area (Å²) in [6, 6.07) is 1.83. The number of anilines is 2. The van der Waals surface area contributed by atoms with E-state index >= 15 is 0 Å². The summed E-state index contributed by atoms with van der Waals surface area (Å²) >= 11 is 1.25. The Hall–Kier alpha value is -2.96. The van der Waals surface area contributed by atoms with Gasteiger partial charge in [0, 0.05) is 49.6 Å². The number of morpholine rings is 1. The van der Waals surface area contributed by atoms with E-state index < -0.39 is 0 Å². The summed E-state index contributed by atoms with van der Waals surface area (Å²) in [5.41, 5.74) is 2.97. The molecule has 0 unspecified atom stereocenters. The van der Waals surface area contributed by atoms with Gasteiger partial charge >= 0.3 is 5.97 Å². The van der Waals surface area contributed by atoms with Crippen molar-refractivity contribution in [1.82, 2.24) is 29.0 Å². The SMILES string of the molecule is Cc1cnc(Nc2cc(COC(=O)CCN3CCOCC3)ns2)nc1-c1cnn(CC2(CF)CC2)c1. The van der Waals surface area contributed by atoms with Gasteiger partial charge < -0.3 is 14.8 Å². The maximum atomic E-state index is 13.3. The number of ether oxygens (including phenoxy) is 2. The average molecular weight is 516 g/mol. The molecular formula is C24H30FN7O3S. The summed E-state index contributed by atoms with van der Waals surface area (Å²) < 4.78 is 30.1. The summed E-state index contributed by atoms with van der Waals surface area (Å²) in [6.45, 7) is 6.13. The molecule has 192 valence electrons.